The number of aliphatic hydroxyl groups is 1. The number of urea groups is 1. The molecule has 0 heterocycles. The molecule has 1 unspecified atom stereocenters. The van der Waals surface area contributed by atoms with Crippen molar-refractivity contribution < 1.29 is 9.90 Å². The van der Waals surface area contributed by atoms with Crippen LogP contribution in [0.5, 0.6) is 0 Å². The van der Waals surface area contributed by atoms with Crippen LogP contribution in [-0.2, 0) is 0 Å². The third-order valence-electron chi connectivity index (χ3n) is 3.62. The number of hydrogen-bond donors (Lipinski definition) is 2. The van der Waals surface area contributed by atoms with Crippen LogP contribution in [0, 0.1) is 0 Å². The fourth-order valence-corrected chi connectivity index (χ4v) is 2.63. The summed E-state index contributed by atoms with van der Waals surface area (Å²) < 4.78 is 0. The Kier molecular flexibility index (Phi) is 6.44. The number of benzene rings is 2. The van der Waals surface area contributed by atoms with Crippen molar-refractivity contribution in [2.45, 2.75) is 13.0 Å². The summed E-state index contributed by atoms with van der Waals surface area (Å²) in [7, 11) is 0. The first-order chi connectivity index (χ1) is 11.2. The van der Waals surface area contributed by atoms with Crippen molar-refractivity contribution in [3.8, 4) is 0 Å². The minimum atomic E-state index is -0.296. The average molecular weight is 333 g/mol. The van der Waals surface area contributed by atoms with Crippen molar-refractivity contribution >= 4 is 17.6 Å². The van der Waals surface area contributed by atoms with Crippen LogP contribution >= 0.6 is 11.6 Å². The molecule has 2 rings (SSSR count). The quantitative estimate of drug-likeness (QED) is 0.851. The normalized spacial score (nSPS) is 11.8. The number of rotatable bonds is 6. The van der Waals surface area contributed by atoms with Crippen LogP contribution in [0.2, 0.25) is 5.02 Å². The van der Waals surface area contributed by atoms with Crippen LogP contribution in [0.4, 0.5) is 4.79 Å². The lowest BCUT2D eigenvalue weighted by atomic mass is 9.99. The highest BCUT2D eigenvalue weighted by Gasteiger charge is 2.20. The van der Waals surface area contributed by atoms with Gasteiger partial charge in [-0.05, 0) is 30.2 Å². The molecule has 0 aliphatic carbocycles. The van der Waals surface area contributed by atoms with Gasteiger partial charge in [0.15, 0.2) is 0 Å². The number of carbonyl (C=O) groups excluding carboxylic acids is 1. The Hall–Kier alpha value is -2.04. The molecule has 0 aliphatic heterocycles. The van der Waals surface area contributed by atoms with Crippen LogP contribution in [-0.4, -0.2) is 35.7 Å². The monoisotopic (exact) mass is 332 g/mol. The number of hydrogen-bond acceptors (Lipinski definition) is 2. The second-order valence-corrected chi connectivity index (χ2v) is 5.59. The predicted molar refractivity (Wildman–Crippen MR) is 92.6 cm³/mol. The molecule has 0 saturated heterocycles. The Morgan fingerprint density at radius 1 is 1.17 bits per heavy atom. The number of aliphatic hydroxyl groups excluding tert-OH is 1. The Balaban J connectivity index is 2.29. The van der Waals surface area contributed by atoms with Gasteiger partial charge in [0.25, 0.3) is 0 Å². The van der Waals surface area contributed by atoms with Crippen LogP contribution in [0.1, 0.15) is 24.1 Å². The maximum atomic E-state index is 12.5. The van der Waals surface area contributed by atoms with Gasteiger partial charge >= 0.3 is 6.03 Å². The SMILES string of the molecule is CCN(CCO)C(=O)NC(c1ccccc1)c1cccc(Cl)c1. The van der Waals surface area contributed by atoms with E-state index in [0.717, 1.165) is 11.1 Å². The van der Waals surface area contributed by atoms with Crippen LogP contribution in [0.25, 0.3) is 0 Å². The van der Waals surface area contributed by atoms with E-state index < -0.39 is 0 Å². The van der Waals surface area contributed by atoms with Crippen LogP contribution < -0.4 is 5.32 Å². The number of halogens is 1. The van der Waals surface area contributed by atoms with Gasteiger partial charge in [-0.2, -0.15) is 0 Å². The van der Waals surface area contributed by atoms with Crippen molar-refractivity contribution in [3.63, 3.8) is 0 Å². The summed E-state index contributed by atoms with van der Waals surface area (Å²) >= 11 is 6.10. The average Bonchev–Trinajstić information content (AvgIpc) is 2.58. The predicted octanol–water partition coefficient (Wildman–Crippen LogP) is 3.45. The number of carbonyl (C=O) groups is 1. The highest BCUT2D eigenvalue weighted by molar-refractivity contribution is 6.30. The molecule has 122 valence electrons. The summed E-state index contributed by atoms with van der Waals surface area (Å²) in [6, 6.07) is 16.7. The number of amides is 2. The lowest BCUT2D eigenvalue weighted by molar-refractivity contribution is 0.178. The van der Waals surface area contributed by atoms with E-state index in [-0.39, 0.29) is 18.7 Å². The molecule has 0 aliphatic rings. The smallest absolute Gasteiger partial charge is 0.318 e. The third kappa shape index (κ3) is 4.71. The minimum absolute atomic E-state index is 0.0611. The first-order valence-corrected chi connectivity index (χ1v) is 8.00. The number of nitrogens with zero attached hydrogens (tertiary/aromatic N) is 1. The van der Waals surface area contributed by atoms with E-state index in [1.54, 1.807) is 11.0 Å². The minimum Gasteiger partial charge on any atom is -0.395 e. The molecule has 2 amide bonds. The summed E-state index contributed by atoms with van der Waals surface area (Å²) in [5.74, 6) is 0. The van der Waals surface area contributed by atoms with E-state index in [1.165, 1.54) is 0 Å². The van der Waals surface area contributed by atoms with Gasteiger partial charge in [-0.15, -0.1) is 0 Å². The maximum Gasteiger partial charge on any atom is 0.318 e. The Labute approximate surface area is 141 Å². The lowest BCUT2D eigenvalue weighted by Crippen LogP contribution is -2.43. The highest BCUT2D eigenvalue weighted by atomic mass is 35.5. The molecular formula is C18H21ClN2O2. The van der Waals surface area contributed by atoms with E-state index in [2.05, 4.69) is 5.32 Å². The molecule has 0 fully saturated rings. The van der Waals surface area contributed by atoms with Gasteiger partial charge in [0.1, 0.15) is 0 Å². The molecule has 0 saturated carbocycles. The zero-order valence-electron chi connectivity index (χ0n) is 13.1. The standard InChI is InChI=1S/C18H21ClN2O2/c1-2-21(11-12-22)18(23)20-17(14-7-4-3-5-8-14)15-9-6-10-16(19)13-15/h3-10,13,17,22H,2,11-12H2,1H3,(H,20,23). The Bertz CT molecular complexity index is 634. The van der Waals surface area contributed by atoms with Gasteiger partial charge in [0, 0.05) is 18.1 Å². The summed E-state index contributed by atoms with van der Waals surface area (Å²) in [6.45, 7) is 2.66. The van der Waals surface area contributed by atoms with Crippen LogP contribution in [0.15, 0.2) is 54.6 Å². The third-order valence-corrected chi connectivity index (χ3v) is 3.86. The van der Waals surface area contributed by atoms with Crippen molar-refractivity contribution in [1.29, 1.82) is 0 Å². The molecule has 23 heavy (non-hydrogen) atoms. The van der Waals surface area contributed by atoms with E-state index in [1.807, 2.05) is 55.5 Å². The molecule has 2 N–H and O–H groups in total. The van der Waals surface area contributed by atoms with Gasteiger partial charge < -0.3 is 15.3 Å². The second-order valence-electron chi connectivity index (χ2n) is 5.15. The van der Waals surface area contributed by atoms with Crippen molar-refractivity contribution in [3.05, 3.63) is 70.7 Å². The first-order valence-electron chi connectivity index (χ1n) is 7.62. The molecule has 4 nitrogen and oxygen atoms in total. The Morgan fingerprint density at radius 2 is 1.87 bits per heavy atom. The molecule has 2 aromatic rings. The molecule has 1 atom stereocenters. The molecule has 2 aromatic carbocycles. The zero-order chi connectivity index (χ0) is 16.7. The molecule has 5 heteroatoms. The summed E-state index contributed by atoms with van der Waals surface area (Å²) in [5, 5.41) is 12.7. The van der Waals surface area contributed by atoms with Gasteiger partial charge in [-0.3, -0.25) is 0 Å². The lowest BCUT2D eigenvalue weighted by Gasteiger charge is -2.26. The molecule has 0 radical (unpaired) electrons. The zero-order valence-corrected chi connectivity index (χ0v) is 13.8. The maximum absolute atomic E-state index is 12.5. The van der Waals surface area contributed by atoms with E-state index in [9.17, 15) is 4.79 Å². The van der Waals surface area contributed by atoms with E-state index >= 15 is 0 Å². The van der Waals surface area contributed by atoms with Gasteiger partial charge in [-0.25, -0.2) is 4.79 Å². The van der Waals surface area contributed by atoms with Crippen molar-refractivity contribution in [2.24, 2.45) is 0 Å². The molecular weight excluding hydrogens is 312 g/mol. The molecule has 0 aromatic heterocycles. The summed E-state index contributed by atoms with van der Waals surface area (Å²) in [4.78, 5) is 14.0. The Morgan fingerprint density at radius 3 is 2.48 bits per heavy atom. The van der Waals surface area contributed by atoms with Crippen LogP contribution in [0.3, 0.4) is 0 Å². The van der Waals surface area contributed by atoms with E-state index in [4.69, 9.17) is 16.7 Å². The summed E-state index contributed by atoms with van der Waals surface area (Å²) in [6.07, 6.45) is 0. The highest BCUT2D eigenvalue weighted by Crippen LogP contribution is 2.24. The molecule has 0 spiro atoms. The van der Waals surface area contributed by atoms with Gasteiger partial charge in [0.2, 0.25) is 0 Å². The fraction of sp³-hybridized carbons (Fsp3) is 0.278. The van der Waals surface area contributed by atoms with Crippen molar-refractivity contribution in [1.82, 2.24) is 10.2 Å². The van der Waals surface area contributed by atoms with Gasteiger partial charge in [0.05, 0.1) is 12.6 Å². The van der Waals surface area contributed by atoms with Gasteiger partial charge in [-0.1, -0.05) is 54.1 Å². The largest absolute Gasteiger partial charge is 0.395 e. The number of likely N-dealkylation sites (N-methyl/N-ethyl adjacent to an activating group) is 1. The molecule has 0 bridgehead atoms. The first kappa shape index (κ1) is 17.3. The summed E-state index contributed by atoms with van der Waals surface area (Å²) in [5.41, 5.74) is 1.89. The van der Waals surface area contributed by atoms with E-state index in [0.29, 0.717) is 18.1 Å². The fourth-order valence-electron chi connectivity index (χ4n) is 2.43. The topological polar surface area (TPSA) is 52.6 Å². The second kappa shape index (κ2) is 8.56. The number of nitrogens with one attached hydrogen (secondary N) is 1. The van der Waals surface area contributed by atoms with Crippen molar-refractivity contribution in [2.75, 3.05) is 19.7 Å².